The molecule has 64 heavy (non-hydrogen) atoms. The smallest absolute Gasteiger partial charge is 0.227 e. The fraction of sp³-hybridized carbons (Fsp3) is 0.0541. The van der Waals surface area contributed by atoms with E-state index in [1.54, 1.807) is 29.4 Å². The summed E-state index contributed by atoms with van der Waals surface area (Å²) in [6.45, 7) is 0.195. The van der Waals surface area contributed by atoms with E-state index < -0.39 is 154 Å². The van der Waals surface area contributed by atoms with Gasteiger partial charge in [-0.05, 0) is 24.3 Å². The first-order chi connectivity index (χ1) is 29.7. The van der Waals surface area contributed by atoms with Crippen LogP contribution in [-0.4, -0.2) is 31.6 Å². The Hall–Kier alpha value is -6.54. The van der Waals surface area contributed by atoms with Crippen molar-refractivity contribution >= 4 is 43.6 Å². The van der Waals surface area contributed by atoms with Crippen molar-refractivity contribution in [3.05, 3.63) is 171 Å². The second-order valence-corrected chi connectivity index (χ2v) is 15.0. The Morgan fingerprint density at radius 2 is 0.672 bits per heavy atom. The van der Waals surface area contributed by atoms with Crippen molar-refractivity contribution in [3.8, 4) is 0 Å². The van der Waals surface area contributed by atoms with Gasteiger partial charge in [0, 0.05) is 11.8 Å². The molecule has 0 fully saturated rings. The molecule has 0 amide bonds. The first-order valence-electron chi connectivity index (χ1n) is 16.5. The zero-order chi connectivity index (χ0) is 48.2. The number of carbonyl (C=O) groups is 1. The summed E-state index contributed by atoms with van der Waals surface area (Å²) in [6, 6.07) is 5.94. The maximum Gasteiger partial charge on any atom is 0.227 e. The minimum atomic E-state index is -7.22. The van der Waals surface area contributed by atoms with Crippen molar-refractivity contribution in [1.29, 1.82) is 0 Å². The minimum Gasteiger partial charge on any atom is -0.287 e. The van der Waals surface area contributed by atoms with E-state index in [0.29, 0.717) is 5.56 Å². The number of benzene rings is 5. The van der Waals surface area contributed by atoms with Gasteiger partial charge in [0.1, 0.15) is 52.7 Å². The molecule has 338 valence electrons. The highest BCUT2D eigenvalue weighted by atomic mass is 32.2. The van der Waals surface area contributed by atoms with Crippen molar-refractivity contribution in [2.24, 2.45) is 0 Å². The number of sulfone groups is 1. The van der Waals surface area contributed by atoms with Crippen molar-refractivity contribution < 1.29 is 106 Å². The summed E-state index contributed by atoms with van der Waals surface area (Å²) in [4.78, 5) is 16.1. The van der Waals surface area contributed by atoms with Crippen LogP contribution in [0.1, 0.15) is 10.4 Å². The molecule has 0 spiro atoms. The van der Waals surface area contributed by atoms with E-state index in [1.165, 1.54) is 24.3 Å². The molecule has 6 aromatic rings. The molecule has 0 unspecified atom stereocenters. The van der Waals surface area contributed by atoms with Crippen LogP contribution in [0.15, 0.2) is 53.9 Å². The second kappa shape index (κ2) is 17.6. The number of Topliss-reactive ketones (excluding diaryl/α,β-unsaturated/α-hetero) is 1. The Bertz CT molecular complexity index is 2630. The molecule has 27 heteroatoms. The van der Waals surface area contributed by atoms with E-state index in [1.807, 2.05) is 0 Å². The quantitative estimate of drug-likeness (QED) is 0.0437. The third-order valence-corrected chi connectivity index (χ3v) is 10.5. The van der Waals surface area contributed by atoms with Gasteiger partial charge in [-0.25, -0.2) is 96.2 Å². The lowest BCUT2D eigenvalue weighted by Crippen LogP contribution is -2.81. The van der Waals surface area contributed by atoms with E-state index in [2.05, 4.69) is 4.98 Å². The summed E-state index contributed by atoms with van der Waals surface area (Å²) in [5.41, 5.74) is -13.8. The molecule has 1 aromatic heterocycles. The van der Waals surface area contributed by atoms with Crippen LogP contribution >= 0.6 is 0 Å². The normalized spacial score (nSPS) is 11.8. The molecule has 0 saturated carbocycles. The van der Waals surface area contributed by atoms with Crippen molar-refractivity contribution in [3.63, 3.8) is 0 Å². The highest BCUT2D eigenvalue weighted by molar-refractivity contribution is 7.90. The van der Waals surface area contributed by atoms with E-state index in [0.717, 1.165) is 6.26 Å². The molecule has 0 aliphatic heterocycles. The first-order valence-corrected chi connectivity index (χ1v) is 18.4. The lowest BCUT2D eigenvalue weighted by molar-refractivity contribution is -0.683. The number of hydrogen-bond acceptors (Lipinski definition) is 4. The monoisotopic (exact) mass is 956 g/mol. The number of aromatic nitrogens is 2. The number of rotatable bonds is 8. The molecule has 0 aliphatic carbocycles. The molecule has 0 N–H and O–H groups in total. The molecular weight excluding hydrogens is 943 g/mol. The van der Waals surface area contributed by atoms with Gasteiger partial charge in [-0.15, -0.1) is 21.9 Å². The SMILES string of the molecule is CS(=O)(=O)c1ccc(C(=O)C[n+]2ccncc2)cc1.Fc1c(F)c(F)c([B-](c2c(F)c(F)c(F)c(F)c2F)(c2c(F)c(F)c(F)c(F)c2F)c2c(F)c(F)c(F)c(F)c2F)c(F)c1F. The molecule has 6 rings (SSSR count). The predicted octanol–water partition coefficient (Wildman–Crippen LogP) is 6.50. The zero-order valence-corrected chi connectivity index (χ0v) is 31.3. The van der Waals surface area contributed by atoms with Gasteiger partial charge in [-0.1, -0.05) is 0 Å². The van der Waals surface area contributed by atoms with Crippen LogP contribution < -0.4 is 26.4 Å². The fourth-order valence-corrected chi connectivity index (χ4v) is 7.10. The average Bonchev–Trinajstić information content (AvgIpc) is 3.26. The molecule has 0 bridgehead atoms. The lowest BCUT2D eigenvalue weighted by atomic mass is 9.12. The number of carbonyl (C=O) groups excluding carboxylic acids is 1. The van der Waals surface area contributed by atoms with Crippen LogP contribution in [-0.2, 0) is 16.4 Å². The van der Waals surface area contributed by atoms with Crippen LogP contribution in [0.25, 0.3) is 0 Å². The van der Waals surface area contributed by atoms with Crippen molar-refractivity contribution in [2.75, 3.05) is 6.26 Å². The van der Waals surface area contributed by atoms with Gasteiger partial charge in [0.2, 0.25) is 12.3 Å². The van der Waals surface area contributed by atoms with Gasteiger partial charge in [0.15, 0.2) is 92.0 Å². The van der Waals surface area contributed by atoms with Crippen LogP contribution in [0.3, 0.4) is 0 Å². The number of nitrogens with zero attached hydrogens (tertiary/aromatic N) is 2. The van der Waals surface area contributed by atoms with E-state index in [-0.39, 0.29) is 17.2 Å². The molecular formula is C37H13BF20N2O3S. The van der Waals surface area contributed by atoms with Crippen LogP contribution in [0.4, 0.5) is 87.8 Å². The Morgan fingerprint density at radius 1 is 0.438 bits per heavy atom. The maximum atomic E-state index is 15.4. The summed E-state index contributed by atoms with van der Waals surface area (Å²) in [5.74, 6) is -71.5. The number of hydrogen-bond donors (Lipinski definition) is 0. The van der Waals surface area contributed by atoms with Gasteiger partial charge >= 0.3 is 0 Å². The summed E-state index contributed by atoms with van der Waals surface area (Å²) in [6.07, 6.45) is 0.507. The topological polar surface area (TPSA) is 68.0 Å². The summed E-state index contributed by atoms with van der Waals surface area (Å²) in [5, 5.41) is 0. The highest BCUT2D eigenvalue weighted by Gasteiger charge is 2.52. The molecule has 5 nitrogen and oxygen atoms in total. The maximum absolute atomic E-state index is 15.4. The van der Waals surface area contributed by atoms with E-state index in [9.17, 15) is 65.9 Å². The molecule has 0 radical (unpaired) electrons. The molecule has 1 heterocycles. The lowest BCUT2D eigenvalue weighted by Gasteiger charge is -2.44. The average molecular weight is 956 g/mol. The van der Waals surface area contributed by atoms with Gasteiger partial charge in [-0.3, -0.25) is 9.78 Å². The Kier molecular flexibility index (Phi) is 13.3. The fourth-order valence-electron chi connectivity index (χ4n) is 6.47. The number of halogens is 20. The third-order valence-electron chi connectivity index (χ3n) is 9.33. The largest absolute Gasteiger partial charge is 0.287 e. The molecule has 0 saturated heterocycles. The van der Waals surface area contributed by atoms with E-state index in [4.69, 9.17) is 0 Å². The van der Waals surface area contributed by atoms with E-state index >= 15 is 35.1 Å². The Labute approximate surface area is 342 Å². The van der Waals surface area contributed by atoms with Crippen LogP contribution in [0, 0.1) is 116 Å². The summed E-state index contributed by atoms with van der Waals surface area (Å²) >= 11 is 0. The van der Waals surface area contributed by atoms with Crippen molar-refractivity contribution in [1.82, 2.24) is 4.98 Å². The standard InChI is InChI=1S/C24BF20.C13H13N2O3S/c26-5-1(6(27)14(35)21(42)13(5)34)25(2-7(28)15(36)22(43)16(37)8(2)29,3-9(30)17(38)23(44)18(39)10(3)31)4-11(32)19(40)24(45)20(41)12(4)33;1-19(17,18)12-4-2-11(3-5-12)13(16)10-15-8-6-14-7-9-15/h;2-9H,10H2,1H3/q-1;+1. The Morgan fingerprint density at radius 3 is 0.906 bits per heavy atom. The van der Waals surface area contributed by atoms with Gasteiger partial charge < -0.3 is 0 Å². The zero-order valence-electron chi connectivity index (χ0n) is 30.5. The van der Waals surface area contributed by atoms with Crippen LogP contribution in [0.5, 0.6) is 0 Å². The Balaban J connectivity index is 0.000000337. The highest BCUT2D eigenvalue weighted by Crippen LogP contribution is 2.30. The predicted molar refractivity (Wildman–Crippen MR) is 178 cm³/mol. The van der Waals surface area contributed by atoms with Crippen LogP contribution in [0.2, 0.25) is 0 Å². The van der Waals surface area contributed by atoms with Gasteiger partial charge in [0.25, 0.3) is 0 Å². The van der Waals surface area contributed by atoms with Gasteiger partial charge in [-0.2, -0.15) is 4.57 Å². The van der Waals surface area contributed by atoms with Gasteiger partial charge in [0.05, 0.1) is 17.3 Å². The number of ketones is 1. The summed E-state index contributed by atoms with van der Waals surface area (Å²) < 4.78 is 318. The molecule has 0 aliphatic rings. The molecule has 5 aromatic carbocycles. The second-order valence-electron chi connectivity index (χ2n) is 12.9. The minimum absolute atomic E-state index is 0.0868. The molecule has 0 atom stereocenters. The summed E-state index contributed by atoms with van der Waals surface area (Å²) in [7, 11) is -3.23. The van der Waals surface area contributed by atoms with Crippen molar-refractivity contribution in [2.45, 2.75) is 11.4 Å². The first kappa shape index (κ1) is 48.5. The third kappa shape index (κ3) is 7.78.